The fourth-order valence-electron chi connectivity index (χ4n) is 3.03. The predicted octanol–water partition coefficient (Wildman–Crippen LogP) is 3.91. The molecule has 1 atom stereocenters. The minimum Gasteiger partial charge on any atom is -0.496 e. The van der Waals surface area contributed by atoms with Crippen molar-refractivity contribution in [2.24, 2.45) is 5.92 Å². The third-order valence-electron chi connectivity index (χ3n) is 4.34. The van der Waals surface area contributed by atoms with Crippen molar-refractivity contribution in [3.8, 4) is 16.9 Å². The number of ether oxygens (including phenoxy) is 2. The number of amides is 2. The van der Waals surface area contributed by atoms with Crippen molar-refractivity contribution in [1.82, 2.24) is 5.32 Å². The van der Waals surface area contributed by atoms with Gasteiger partial charge < -0.3 is 20.1 Å². The molecule has 2 N–H and O–H groups in total. The number of hydrogen-bond donors (Lipinski definition) is 2. The number of urea groups is 1. The van der Waals surface area contributed by atoms with Gasteiger partial charge in [0.25, 0.3) is 0 Å². The molecule has 2 amide bonds. The lowest BCUT2D eigenvalue weighted by Gasteiger charge is -2.22. The summed E-state index contributed by atoms with van der Waals surface area (Å²) in [4.78, 5) is 12.1. The number of para-hydroxylation sites is 1. The Kier molecular flexibility index (Phi) is 5.90. The fraction of sp³-hybridized carbons (Fsp3) is 0.350. The number of hydrogen-bond acceptors (Lipinski definition) is 3. The van der Waals surface area contributed by atoms with Crippen molar-refractivity contribution >= 4 is 11.7 Å². The van der Waals surface area contributed by atoms with Gasteiger partial charge in [0.05, 0.1) is 13.7 Å². The molecule has 1 saturated heterocycles. The predicted molar refractivity (Wildman–Crippen MR) is 99.0 cm³/mol. The highest BCUT2D eigenvalue weighted by Crippen LogP contribution is 2.30. The van der Waals surface area contributed by atoms with E-state index in [4.69, 9.17) is 9.47 Å². The summed E-state index contributed by atoms with van der Waals surface area (Å²) in [6.45, 7) is 2.19. The molecule has 0 radical (unpaired) electrons. The van der Waals surface area contributed by atoms with Gasteiger partial charge >= 0.3 is 6.03 Å². The molecule has 0 unspecified atom stereocenters. The van der Waals surface area contributed by atoms with Crippen molar-refractivity contribution < 1.29 is 14.3 Å². The Bertz CT molecular complexity index is 712. The molecule has 0 aliphatic carbocycles. The topological polar surface area (TPSA) is 59.6 Å². The van der Waals surface area contributed by atoms with E-state index in [-0.39, 0.29) is 6.03 Å². The Morgan fingerprint density at radius 1 is 1.24 bits per heavy atom. The molecule has 0 aromatic heterocycles. The summed E-state index contributed by atoms with van der Waals surface area (Å²) in [6, 6.07) is 15.4. The van der Waals surface area contributed by atoms with Crippen LogP contribution in [-0.2, 0) is 4.74 Å². The zero-order chi connectivity index (χ0) is 17.5. The smallest absolute Gasteiger partial charge is 0.319 e. The zero-order valence-corrected chi connectivity index (χ0v) is 14.5. The molecule has 2 aromatic rings. The maximum Gasteiger partial charge on any atom is 0.319 e. The number of methoxy groups -OCH3 is 1. The molecular formula is C20H24N2O3. The van der Waals surface area contributed by atoms with Crippen LogP contribution >= 0.6 is 0 Å². The van der Waals surface area contributed by atoms with Gasteiger partial charge in [-0.05, 0) is 42.5 Å². The molecular weight excluding hydrogens is 316 g/mol. The second kappa shape index (κ2) is 8.53. The van der Waals surface area contributed by atoms with Gasteiger partial charge in [-0.15, -0.1) is 0 Å². The first-order valence-electron chi connectivity index (χ1n) is 8.62. The van der Waals surface area contributed by atoms with E-state index >= 15 is 0 Å². The fourth-order valence-corrected chi connectivity index (χ4v) is 3.03. The normalized spacial score (nSPS) is 16.9. The Morgan fingerprint density at radius 2 is 2.12 bits per heavy atom. The van der Waals surface area contributed by atoms with Gasteiger partial charge in [0.1, 0.15) is 5.75 Å². The van der Waals surface area contributed by atoms with Crippen LogP contribution in [0.3, 0.4) is 0 Å². The van der Waals surface area contributed by atoms with Crippen LogP contribution in [0.25, 0.3) is 11.1 Å². The molecule has 3 rings (SSSR count). The van der Waals surface area contributed by atoms with E-state index in [0.29, 0.717) is 12.5 Å². The molecule has 5 nitrogen and oxygen atoms in total. The van der Waals surface area contributed by atoms with Crippen LogP contribution in [0.1, 0.15) is 12.8 Å². The lowest BCUT2D eigenvalue weighted by atomic mass is 10.0. The number of anilines is 1. The van der Waals surface area contributed by atoms with Gasteiger partial charge in [0.15, 0.2) is 0 Å². The zero-order valence-electron chi connectivity index (χ0n) is 14.5. The van der Waals surface area contributed by atoms with E-state index in [1.807, 2.05) is 48.5 Å². The molecule has 2 aromatic carbocycles. The average molecular weight is 340 g/mol. The standard InChI is InChI=1S/C20H24N2O3/c1-24-19-10-3-2-9-18(19)16-7-4-8-17(12-16)22-20(23)21-13-15-6-5-11-25-14-15/h2-4,7-10,12,15H,5-6,11,13-14H2,1H3,(H2,21,22,23)/t15-/m1/s1. The van der Waals surface area contributed by atoms with Crippen LogP contribution in [0.15, 0.2) is 48.5 Å². The highest BCUT2D eigenvalue weighted by molar-refractivity contribution is 5.90. The minimum atomic E-state index is -0.192. The summed E-state index contributed by atoms with van der Waals surface area (Å²) in [7, 11) is 1.66. The van der Waals surface area contributed by atoms with E-state index < -0.39 is 0 Å². The number of benzene rings is 2. The van der Waals surface area contributed by atoms with Crippen molar-refractivity contribution in [3.05, 3.63) is 48.5 Å². The number of carbonyl (C=O) groups excluding carboxylic acids is 1. The van der Waals surface area contributed by atoms with Crippen LogP contribution in [-0.4, -0.2) is 32.9 Å². The molecule has 1 fully saturated rings. The molecule has 0 spiro atoms. The highest BCUT2D eigenvalue weighted by atomic mass is 16.5. The molecule has 1 heterocycles. The van der Waals surface area contributed by atoms with Gasteiger partial charge in [-0.25, -0.2) is 4.79 Å². The van der Waals surface area contributed by atoms with Crippen molar-refractivity contribution in [3.63, 3.8) is 0 Å². The van der Waals surface area contributed by atoms with Crippen molar-refractivity contribution in [1.29, 1.82) is 0 Å². The van der Waals surface area contributed by atoms with E-state index in [2.05, 4.69) is 10.6 Å². The van der Waals surface area contributed by atoms with E-state index in [9.17, 15) is 4.79 Å². The molecule has 25 heavy (non-hydrogen) atoms. The van der Waals surface area contributed by atoms with Gasteiger partial charge in [-0.3, -0.25) is 0 Å². The number of carbonyl (C=O) groups is 1. The quantitative estimate of drug-likeness (QED) is 0.867. The molecule has 0 saturated carbocycles. The van der Waals surface area contributed by atoms with Crippen molar-refractivity contribution in [2.75, 3.05) is 32.2 Å². The first-order valence-corrected chi connectivity index (χ1v) is 8.62. The monoisotopic (exact) mass is 340 g/mol. The molecule has 1 aliphatic heterocycles. The molecule has 1 aliphatic rings. The van der Waals surface area contributed by atoms with E-state index in [1.165, 1.54) is 0 Å². The van der Waals surface area contributed by atoms with Gasteiger partial charge in [-0.1, -0.05) is 30.3 Å². The second-order valence-corrected chi connectivity index (χ2v) is 6.20. The summed E-state index contributed by atoms with van der Waals surface area (Å²) in [6.07, 6.45) is 2.17. The molecule has 5 heteroatoms. The van der Waals surface area contributed by atoms with Crippen LogP contribution in [0.2, 0.25) is 0 Å². The van der Waals surface area contributed by atoms with Crippen LogP contribution in [0.5, 0.6) is 5.75 Å². The summed E-state index contributed by atoms with van der Waals surface area (Å²) in [5.74, 6) is 1.21. The number of rotatable bonds is 5. The Balaban J connectivity index is 1.62. The van der Waals surface area contributed by atoms with Gasteiger partial charge in [0, 0.05) is 24.4 Å². The van der Waals surface area contributed by atoms with Crippen LogP contribution < -0.4 is 15.4 Å². The van der Waals surface area contributed by atoms with Crippen molar-refractivity contribution in [2.45, 2.75) is 12.8 Å². The largest absolute Gasteiger partial charge is 0.496 e. The summed E-state index contributed by atoms with van der Waals surface area (Å²) < 4.78 is 10.9. The maximum absolute atomic E-state index is 12.1. The first-order chi connectivity index (χ1) is 12.3. The van der Waals surface area contributed by atoms with E-state index in [1.54, 1.807) is 7.11 Å². The molecule has 132 valence electrons. The highest BCUT2D eigenvalue weighted by Gasteiger charge is 2.15. The number of nitrogens with one attached hydrogen (secondary N) is 2. The summed E-state index contributed by atoms with van der Waals surface area (Å²) >= 11 is 0. The van der Waals surface area contributed by atoms with Gasteiger partial charge in [-0.2, -0.15) is 0 Å². The van der Waals surface area contributed by atoms with E-state index in [0.717, 1.165) is 48.6 Å². The lowest BCUT2D eigenvalue weighted by Crippen LogP contribution is -2.35. The first kappa shape index (κ1) is 17.3. The van der Waals surface area contributed by atoms with Gasteiger partial charge in [0.2, 0.25) is 0 Å². The summed E-state index contributed by atoms with van der Waals surface area (Å²) in [5.41, 5.74) is 2.74. The Labute approximate surface area is 148 Å². The van der Waals surface area contributed by atoms with Crippen LogP contribution in [0, 0.1) is 5.92 Å². The lowest BCUT2D eigenvalue weighted by molar-refractivity contribution is 0.0559. The summed E-state index contributed by atoms with van der Waals surface area (Å²) in [5, 5.41) is 5.83. The second-order valence-electron chi connectivity index (χ2n) is 6.20. The Hall–Kier alpha value is -2.53. The minimum absolute atomic E-state index is 0.192. The average Bonchev–Trinajstić information content (AvgIpc) is 2.67. The Morgan fingerprint density at radius 3 is 2.92 bits per heavy atom. The third-order valence-corrected chi connectivity index (χ3v) is 4.34. The molecule has 0 bridgehead atoms. The maximum atomic E-state index is 12.1. The third kappa shape index (κ3) is 4.73. The SMILES string of the molecule is COc1ccccc1-c1cccc(NC(=O)NC[C@H]2CCCOC2)c1. The van der Waals surface area contributed by atoms with Crippen LogP contribution in [0.4, 0.5) is 10.5 Å².